The molecule has 0 spiro atoms. The second kappa shape index (κ2) is 3.74. The average molecular weight is 244 g/mol. The topological polar surface area (TPSA) is 59.2 Å². The minimum atomic E-state index is -0.475. The lowest BCUT2D eigenvalue weighted by atomic mass is 10.2. The van der Waals surface area contributed by atoms with Gasteiger partial charge in [0.15, 0.2) is 0 Å². The summed E-state index contributed by atoms with van der Waals surface area (Å²) < 4.78 is 0.743. The molecule has 1 aromatic rings. The average Bonchev–Trinajstić information content (AvgIpc) is 2.03. The summed E-state index contributed by atoms with van der Waals surface area (Å²) in [5, 5.41) is 0. The van der Waals surface area contributed by atoms with E-state index in [2.05, 4.69) is 20.9 Å². The molecule has 0 atom stereocenters. The third-order valence-corrected chi connectivity index (χ3v) is 1.96. The van der Waals surface area contributed by atoms with Crippen LogP contribution >= 0.6 is 15.9 Å². The normalized spacial score (nSPS) is 9.77. The van der Waals surface area contributed by atoms with Crippen LogP contribution in [0.4, 0.5) is 5.82 Å². The summed E-state index contributed by atoms with van der Waals surface area (Å²) in [7, 11) is 3.62. The maximum atomic E-state index is 11.0. The number of carbonyl (C=O) groups excluding carboxylic acids is 1. The number of anilines is 1. The Bertz CT molecular complexity index is 338. The van der Waals surface area contributed by atoms with Gasteiger partial charge < -0.3 is 10.6 Å². The molecule has 0 fully saturated rings. The van der Waals surface area contributed by atoms with Crippen molar-refractivity contribution in [3.63, 3.8) is 0 Å². The van der Waals surface area contributed by atoms with E-state index >= 15 is 0 Å². The Kier molecular flexibility index (Phi) is 2.87. The van der Waals surface area contributed by atoms with E-state index in [0.717, 1.165) is 4.47 Å². The van der Waals surface area contributed by atoms with E-state index in [-0.39, 0.29) is 0 Å². The number of hydrogen-bond donors (Lipinski definition) is 1. The lowest BCUT2D eigenvalue weighted by Gasteiger charge is -2.14. The molecule has 1 aromatic heterocycles. The summed E-state index contributed by atoms with van der Waals surface area (Å²) in [6.07, 6.45) is 1.63. The van der Waals surface area contributed by atoms with E-state index in [1.165, 1.54) is 0 Å². The van der Waals surface area contributed by atoms with Gasteiger partial charge in [-0.15, -0.1) is 0 Å². The number of halogens is 1. The van der Waals surface area contributed by atoms with Gasteiger partial charge in [0.05, 0.1) is 5.56 Å². The van der Waals surface area contributed by atoms with Crippen molar-refractivity contribution >= 4 is 27.7 Å². The fourth-order valence-corrected chi connectivity index (χ4v) is 1.30. The molecular formula is C8H10BrN3O. The molecule has 0 aliphatic rings. The van der Waals surface area contributed by atoms with Crippen LogP contribution in [0.3, 0.4) is 0 Å². The van der Waals surface area contributed by atoms with Gasteiger partial charge in [0, 0.05) is 24.8 Å². The number of pyridine rings is 1. The molecule has 0 unspecified atom stereocenters. The highest BCUT2D eigenvalue weighted by Gasteiger charge is 2.11. The SMILES string of the molecule is CN(C)c1ncc(Br)cc1C(N)=O. The maximum absolute atomic E-state index is 11.0. The van der Waals surface area contributed by atoms with Gasteiger partial charge in [-0.2, -0.15) is 0 Å². The number of primary amides is 1. The first-order valence-electron chi connectivity index (χ1n) is 3.65. The van der Waals surface area contributed by atoms with Crippen LogP contribution in [0.25, 0.3) is 0 Å². The van der Waals surface area contributed by atoms with Gasteiger partial charge in [-0.05, 0) is 22.0 Å². The molecule has 0 radical (unpaired) electrons. The number of carbonyl (C=O) groups is 1. The number of amides is 1. The minimum absolute atomic E-state index is 0.416. The standard InChI is InChI=1S/C8H10BrN3O/c1-12(2)8-6(7(10)13)3-5(9)4-11-8/h3-4H,1-2H3,(H2,10,13). The summed E-state index contributed by atoms with van der Waals surface area (Å²) >= 11 is 3.22. The van der Waals surface area contributed by atoms with Crippen LogP contribution in [0.5, 0.6) is 0 Å². The largest absolute Gasteiger partial charge is 0.365 e. The fraction of sp³-hybridized carbons (Fsp3) is 0.250. The molecular weight excluding hydrogens is 234 g/mol. The summed E-state index contributed by atoms with van der Waals surface area (Å²) in [6, 6.07) is 1.66. The van der Waals surface area contributed by atoms with Crippen molar-refractivity contribution < 1.29 is 4.79 Å². The van der Waals surface area contributed by atoms with Gasteiger partial charge in [0.1, 0.15) is 5.82 Å². The molecule has 5 heteroatoms. The Hall–Kier alpha value is -1.10. The molecule has 1 amide bonds. The summed E-state index contributed by atoms with van der Waals surface area (Å²) in [5.41, 5.74) is 5.61. The lowest BCUT2D eigenvalue weighted by molar-refractivity contribution is 0.100. The first-order chi connectivity index (χ1) is 6.02. The number of nitrogens with two attached hydrogens (primary N) is 1. The Morgan fingerprint density at radius 2 is 2.23 bits per heavy atom. The monoisotopic (exact) mass is 243 g/mol. The maximum Gasteiger partial charge on any atom is 0.252 e. The Labute approximate surface area is 84.9 Å². The summed E-state index contributed by atoms with van der Waals surface area (Å²) in [4.78, 5) is 16.8. The predicted octanol–water partition coefficient (Wildman–Crippen LogP) is 1.01. The van der Waals surface area contributed by atoms with E-state index in [1.807, 2.05) is 14.1 Å². The number of hydrogen-bond acceptors (Lipinski definition) is 3. The van der Waals surface area contributed by atoms with Crippen molar-refractivity contribution in [3.05, 3.63) is 22.3 Å². The molecule has 13 heavy (non-hydrogen) atoms. The molecule has 0 aliphatic carbocycles. The Morgan fingerprint density at radius 3 is 2.69 bits per heavy atom. The molecule has 4 nitrogen and oxygen atoms in total. The van der Waals surface area contributed by atoms with Gasteiger partial charge >= 0.3 is 0 Å². The second-order valence-corrected chi connectivity index (χ2v) is 3.70. The number of nitrogens with zero attached hydrogens (tertiary/aromatic N) is 2. The molecule has 2 N–H and O–H groups in total. The van der Waals surface area contributed by atoms with Crippen LogP contribution in [-0.4, -0.2) is 25.0 Å². The molecule has 0 saturated carbocycles. The van der Waals surface area contributed by atoms with E-state index in [4.69, 9.17) is 5.73 Å². The highest BCUT2D eigenvalue weighted by molar-refractivity contribution is 9.10. The Morgan fingerprint density at radius 1 is 1.62 bits per heavy atom. The molecule has 0 bridgehead atoms. The molecule has 70 valence electrons. The van der Waals surface area contributed by atoms with Crippen molar-refractivity contribution in [1.82, 2.24) is 4.98 Å². The zero-order valence-corrected chi connectivity index (χ0v) is 9.00. The van der Waals surface area contributed by atoms with E-state index in [9.17, 15) is 4.79 Å². The van der Waals surface area contributed by atoms with Crippen LogP contribution in [0.2, 0.25) is 0 Å². The summed E-state index contributed by atoms with van der Waals surface area (Å²) in [6.45, 7) is 0. The van der Waals surface area contributed by atoms with Gasteiger partial charge in [-0.1, -0.05) is 0 Å². The van der Waals surface area contributed by atoms with Crippen molar-refractivity contribution in [2.45, 2.75) is 0 Å². The minimum Gasteiger partial charge on any atom is -0.365 e. The highest BCUT2D eigenvalue weighted by atomic mass is 79.9. The van der Waals surface area contributed by atoms with Crippen molar-refractivity contribution in [2.24, 2.45) is 5.73 Å². The lowest BCUT2D eigenvalue weighted by Crippen LogP contribution is -2.19. The van der Waals surface area contributed by atoms with Crippen LogP contribution < -0.4 is 10.6 Å². The van der Waals surface area contributed by atoms with Gasteiger partial charge in [-0.3, -0.25) is 4.79 Å². The molecule has 1 rings (SSSR count). The highest BCUT2D eigenvalue weighted by Crippen LogP contribution is 2.19. The zero-order valence-electron chi connectivity index (χ0n) is 7.41. The summed E-state index contributed by atoms with van der Waals surface area (Å²) in [5.74, 6) is 0.105. The third kappa shape index (κ3) is 2.18. The fourth-order valence-electron chi connectivity index (χ4n) is 0.970. The number of aromatic nitrogens is 1. The molecule has 1 heterocycles. The number of rotatable bonds is 2. The van der Waals surface area contributed by atoms with Gasteiger partial charge in [0.2, 0.25) is 0 Å². The molecule has 0 aliphatic heterocycles. The first-order valence-corrected chi connectivity index (χ1v) is 4.44. The smallest absolute Gasteiger partial charge is 0.252 e. The van der Waals surface area contributed by atoms with Gasteiger partial charge in [-0.25, -0.2) is 4.98 Å². The Balaban J connectivity index is 3.27. The van der Waals surface area contributed by atoms with Crippen LogP contribution in [0, 0.1) is 0 Å². The van der Waals surface area contributed by atoms with Crippen molar-refractivity contribution in [1.29, 1.82) is 0 Å². The van der Waals surface area contributed by atoms with Crippen molar-refractivity contribution in [2.75, 3.05) is 19.0 Å². The van der Waals surface area contributed by atoms with E-state index in [0.29, 0.717) is 11.4 Å². The second-order valence-electron chi connectivity index (χ2n) is 2.78. The molecule has 0 saturated heterocycles. The first kappa shape index (κ1) is 9.98. The van der Waals surface area contributed by atoms with Crippen LogP contribution in [0.15, 0.2) is 16.7 Å². The predicted molar refractivity (Wildman–Crippen MR) is 54.8 cm³/mol. The third-order valence-electron chi connectivity index (χ3n) is 1.52. The molecule has 0 aromatic carbocycles. The zero-order chi connectivity index (χ0) is 10.0. The van der Waals surface area contributed by atoms with Crippen molar-refractivity contribution in [3.8, 4) is 0 Å². The van der Waals surface area contributed by atoms with Crippen LogP contribution in [-0.2, 0) is 0 Å². The van der Waals surface area contributed by atoms with E-state index in [1.54, 1.807) is 17.2 Å². The van der Waals surface area contributed by atoms with Gasteiger partial charge in [0.25, 0.3) is 5.91 Å². The quantitative estimate of drug-likeness (QED) is 0.844. The van der Waals surface area contributed by atoms with Crippen LogP contribution in [0.1, 0.15) is 10.4 Å². The van der Waals surface area contributed by atoms with E-state index < -0.39 is 5.91 Å².